The smallest absolute Gasteiger partial charge is 0.0713 e. The maximum Gasteiger partial charge on any atom is 0.0713 e. The van der Waals surface area contributed by atoms with Gasteiger partial charge in [-0.3, -0.25) is 0 Å². The van der Waals surface area contributed by atoms with Crippen molar-refractivity contribution in [3.63, 3.8) is 0 Å². The summed E-state index contributed by atoms with van der Waals surface area (Å²) in [6.07, 6.45) is 8.87. The van der Waals surface area contributed by atoms with Gasteiger partial charge in [0.1, 0.15) is 0 Å². The Morgan fingerprint density at radius 1 is 0.304 bits per heavy atom. The van der Waals surface area contributed by atoms with Gasteiger partial charge in [0.25, 0.3) is 0 Å². The van der Waals surface area contributed by atoms with Crippen LogP contribution in [0.3, 0.4) is 0 Å². The van der Waals surface area contributed by atoms with E-state index in [-0.39, 0.29) is 0 Å². The van der Waals surface area contributed by atoms with Gasteiger partial charge in [-0.05, 0) is 138 Å². The number of fused-ring (bicyclic) bond motifs is 6. The molecule has 0 aromatic heterocycles. The van der Waals surface area contributed by atoms with Gasteiger partial charge in [-0.25, -0.2) is 0 Å². The predicted octanol–water partition coefficient (Wildman–Crippen LogP) is 17.3. The van der Waals surface area contributed by atoms with Crippen molar-refractivity contribution in [2.24, 2.45) is 0 Å². The average molecular weight is 880 g/mol. The molecule has 0 bridgehead atoms. The molecule has 0 saturated heterocycles. The van der Waals surface area contributed by atoms with Crippen molar-refractivity contribution in [2.75, 3.05) is 4.90 Å². The van der Waals surface area contributed by atoms with E-state index in [2.05, 4.69) is 278 Å². The van der Waals surface area contributed by atoms with Crippen LogP contribution >= 0.6 is 0 Å². The molecule has 0 unspecified atom stereocenters. The number of hydrogen-bond acceptors (Lipinski definition) is 1. The van der Waals surface area contributed by atoms with Crippen LogP contribution in [0.4, 0.5) is 17.1 Å². The van der Waals surface area contributed by atoms with Crippen LogP contribution in [-0.2, 0) is 10.8 Å². The number of hydrogen-bond donors (Lipinski definition) is 0. The van der Waals surface area contributed by atoms with Crippen molar-refractivity contribution in [2.45, 2.75) is 23.7 Å². The fraction of sp³-hybridized carbons (Fsp3) is 0.0588. The summed E-state index contributed by atoms with van der Waals surface area (Å²) in [6, 6.07) is 95.0. The first-order valence-electron chi connectivity index (χ1n) is 24.3. The highest BCUT2D eigenvalue weighted by molar-refractivity contribution is 5.91. The van der Waals surface area contributed by atoms with Gasteiger partial charge in [0.2, 0.25) is 0 Å². The van der Waals surface area contributed by atoms with Crippen LogP contribution in [-0.4, -0.2) is 0 Å². The van der Waals surface area contributed by atoms with Gasteiger partial charge in [-0.2, -0.15) is 0 Å². The quantitative estimate of drug-likeness (QED) is 0.140. The number of anilines is 3. The normalized spacial score (nSPS) is 14.5. The minimum absolute atomic E-state index is 0.472. The number of nitrogens with zero attached hydrogens (tertiary/aromatic N) is 1. The lowest BCUT2D eigenvalue weighted by atomic mass is 9.67. The van der Waals surface area contributed by atoms with Gasteiger partial charge in [-0.1, -0.05) is 237 Å². The van der Waals surface area contributed by atoms with Crippen molar-refractivity contribution < 1.29 is 0 Å². The largest absolute Gasteiger partial charge is 0.310 e. The molecule has 1 nitrogen and oxygen atoms in total. The van der Waals surface area contributed by atoms with Gasteiger partial charge in [0.05, 0.1) is 10.8 Å². The van der Waals surface area contributed by atoms with Crippen molar-refractivity contribution in [1.82, 2.24) is 0 Å². The number of allylic oxidation sites excluding steroid dienone is 4. The molecule has 0 fully saturated rings. The van der Waals surface area contributed by atoms with Crippen LogP contribution in [0.25, 0.3) is 39.0 Å². The molecule has 3 aliphatic carbocycles. The van der Waals surface area contributed by atoms with Crippen molar-refractivity contribution in [3.8, 4) is 33.4 Å². The Bertz CT molecular complexity index is 3480. The number of rotatable bonds is 9. The molecular weight excluding hydrogens is 831 g/mol. The SMILES string of the molecule is C1=CCCC(c2ccc(-c3ccc(N(c4ccc(C5(c6ccccc6)c6ccccc6-c6ccccc65)cc4)c4ccc5c(c4)-c4ccccc4C5(c4ccccc4)c4ccccc4)cc3)cc2)=C1. The van der Waals surface area contributed by atoms with E-state index in [0.29, 0.717) is 0 Å². The Kier molecular flexibility index (Phi) is 9.84. The first-order chi connectivity index (χ1) is 34.2. The fourth-order valence-electron chi connectivity index (χ4n) is 12.1. The van der Waals surface area contributed by atoms with Crippen LogP contribution in [0.15, 0.2) is 273 Å². The summed E-state index contributed by atoms with van der Waals surface area (Å²) >= 11 is 0. The summed E-state index contributed by atoms with van der Waals surface area (Å²) in [5, 5.41) is 0. The lowest BCUT2D eigenvalue weighted by Gasteiger charge is -2.35. The zero-order chi connectivity index (χ0) is 45.8. The van der Waals surface area contributed by atoms with E-state index in [9.17, 15) is 0 Å². The Labute approximate surface area is 405 Å². The lowest BCUT2D eigenvalue weighted by Crippen LogP contribution is -2.28. The van der Waals surface area contributed by atoms with Crippen LogP contribution < -0.4 is 4.90 Å². The second-order valence-corrected chi connectivity index (χ2v) is 18.6. The van der Waals surface area contributed by atoms with Crippen LogP contribution in [0.2, 0.25) is 0 Å². The zero-order valence-corrected chi connectivity index (χ0v) is 38.3. The van der Waals surface area contributed by atoms with E-state index in [1.165, 1.54) is 89.0 Å². The third-order valence-electron chi connectivity index (χ3n) is 15.1. The molecule has 0 radical (unpaired) electrons. The molecule has 10 aromatic rings. The lowest BCUT2D eigenvalue weighted by molar-refractivity contribution is 0.768. The van der Waals surface area contributed by atoms with Crippen LogP contribution in [0, 0.1) is 0 Å². The minimum atomic E-state index is -0.477. The van der Waals surface area contributed by atoms with Gasteiger partial charge < -0.3 is 4.90 Å². The average Bonchev–Trinajstić information content (AvgIpc) is 3.91. The molecule has 10 aromatic carbocycles. The molecule has 0 heterocycles. The van der Waals surface area contributed by atoms with E-state index in [1.807, 2.05) is 0 Å². The van der Waals surface area contributed by atoms with Gasteiger partial charge >= 0.3 is 0 Å². The Hall–Kier alpha value is -8.52. The summed E-state index contributed by atoms with van der Waals surface area (Å²) in [6.45, 7) is 0. The standard InChI is InChI=1S/C68H49N/c1-5-19-48(20-6-1)49-33-35-50(36-34-49)51-37-41-56(42-38-51)69(57-43-39-55(40-44-57)68(54-25-11-4-12-26-54)63-30-16-13-27-59(63)60-28-14-17-31-64(60)68)58-45-46-66-62(47-58)61-29-15-18-32-65(61)67(66,52-21-7-2-8-22-52)53-23-9-3-10-24-53/h1-5,7-19,21-47H,6,20H2. The second kappa shape index (κ2) is 16.7. The summed E-state index contributed by atoms with van der Waals surface area (Å²) in [5.41, 5.74) is 22.8. The Morgan fingerprint density at radius 2 is 0.681 bits per heavy atom. The van der Waals surface area contributed by atoms with E-state index in [0.717, 1.165) is 29.9 Å². The number of benzene rings is 10. The molecule has 0 spiro atoms. The molecule has 1 heteroatoms. The summed E-state index contributed by atoms with van der Waals surface area (Å²) in [7, 11) is 0. The van der Waals surface area contributed by atoms with Crippen molar-refractivity contribution >= 4 is 22.6 Å². The molecule has 0 saturated carbocycles. The summed E-state index contributed by atoms with van der Waals surface area (Å²) in [5.74, 6) is 0. The van der Waals surface area contributed by atoms with E-state index in [1.54, 1.807) is 0 Å². The van der Waals surface area contributed by atoms with Crippen molar-refractivity contribution in [1.29, 1.82) is 0 Å². The second-order valence-electron chi connectivity index (χ2n) is 18.6. The highest BCUT2D eigenvalue weighted by Crippen LogP contribution is 2.58. The Balaban J connectivity index is 0.978. The molecule has 69 heavy (non-hydrogen) atoms. The highest BCUT2D eigenvalue weighted by atomic mass is 15.1. The molecule has 3 aliphatic rings. The van der Waals surface area contributed by atoms with Crippen LogP contribution in [0.5, 0.6) is 0 Å². The highest BCUT2D eigenvalue weighted by Gasteiger charge is 2.47. The molecule has 326 valence electrons. The topological polar surface area (TPSA) is 3.24 Å². The summed E-state index contributed by atoms with van der Waals surface area (Å²) < 4.78 is 0. The monoisotopic (exact) mass is 879 g/mol. The maximum absolute atomic E-state index is 2.44. The molecule has 0 atom stereocenters. The molecule has 0 N–H and O–H groups in total. The molecular formula is C68H49N. The van der Waals surface area contributed by atoms with Crippen molar-refractivity contribution in [3.05, 3.63) is 323 Å². The fourth-order valence-corrected chi connectivity index (χ4v) is 12.1. The minimum Gasteiger partial charge on any atom is -0.310 e. The molecule has 0 amide bonds. The van der Waals surface area contributed by atoms with E-state index in [4.69, 9.17) is 0 Å². The van der Waals surface area contributed by atoms with E-state index >= 15 is 0 Å². The first kappa shape index (κ1) is 40.7. The third-order valence-corrected chi connectivity index (χ3v) is 15.1. The van der Waals surface area contributed by atoms with E-state index < -0.39 is 10.8 Å². The Morgan fingerprint density at radius 3 is 1.16 bits per heavy atom. The van der Waals surface area contributed by atoms with Gasteiger partial charge in [0, 0.05) is 17.1 Å². The first-order valence-corrected chi connectivity index (χ1v) is 24.3. The third kappa shape index (κ3) is 6.38. The van der Waals surface area contributed by atoms with Gasteiger partial charge in [0.15, 0.2) is 0 Å². The van der Waals surface area contributed by atoms with Crippen LogP contribution in [0.1, 0.15) is 62.9 Å². The molecule has 0 aliphatic heterocycles. The molecule has 13 rings (SSSR count). The van der Waals surface area contributed by atoms with Gasteiger partial charge in [-0.15, -0.1) is 0 Å². The summed E-state index contributed by atoms with van der Waals surface area (Å²) in [4.78, 5) is 2.44. The maximum atomic E-state index is 2.44. The predicted molar refractivity (Wildman–Crippen MR) is 288 cm³/mol. The zero-order valence-electron chi connectivity index (χ0n) is 38.3.